The van der Waals surface area contributed by atoms with Crippen molar-refractivity contribution in [3.63, 3.8) is 0 Å². The van der Waals surface area contributed by atoms with Gasteiger partial charge in [0.25, 0.3) is 5.91 Å². The third-order valence-corrected chi connectivity index (χ3v) is 7.35. The van der Waals surface area contributed by atoms with Gasteiger partial charge in [-0.1, -0.05) is 11.6 Å². The quantitative estimate of drug-likeness (QED) is 0.661. The highest BCUT2D eigenvalue weighted by Crippen LogP contribution is 2.69. The summed E-state index contributed by atoms with van der Waals surface area (Å²) in [5.74, 6) is 1.69. The van der Waals surface area contributed by atoms with Crippen molar-refractivity contribution >= 4 is 23.3 Å². The second-order valence-electron chi connectivity index (χ2n) is 9.78. The van der Waals surface area contributed by atoms with Crippen LogP contribution in [0.5, 0.6) is 5.75 Å². The number of ketones is 1. The molecule has 0 unspecified atom stereocenters. The fraction of sp³-hybridized carbons (Fsp3) is 0.522. The Bertz CT molecular complexity index is 1070. The number of aromatic nitrogens is 1. The molecule has 0 spiro atoms. The normalized spacial score (nSPS) is 32.8. The van der Waals surface area contributed by atoms with Crippen LogP contribution in [-0.2, 0) is 4.79 Å². The number of carbonyl (C=O) groups excluding carboxylic acids is 2. The fourth-order valence-corrected chi connectivity index (χ4v) is 5.78. The lowest BCUT2D eigenvalue weighted by molar-refractivity contribution is -0.168. The van der Waals surface area contributed by atoms with Gasteiger partial charge in [0.2, 0.25) is 0 Å². The molecule has 2 N–H and O–H groups in total. The van der Waals surface area contributed by atoms with Gasteiger partial charge in [-0.25, -0.2) is 4.98 Å². The number of hydrogen-bond acceptors (Lipinski definition) is 6. The summed E-state index contributed by atoms with van der Waals surface area (Å²) in [4.78, 5) is 29.6. The summed E-state index contributed by atoms with van der Waals surface area (Å²) in [5, 5.41) is 14.0. The molecule has 1 aromatic carbocycles. The maximum atomic E-state index is 12.8. The minimum absolute atomic E-state index is 0.00645. The van der Waals surface area contributed by atoms with E-state index in [1.54, 1.807) is 24.4 Å². The van der Waals surface area contributed by atoms with Crippen LogP contribution in [0.2, 0.25) is 5.02 Å². The van der Waals surface area contributed by atoms with Crippen molar-refractivity contribution in [1.29, 1.82) is 0 Å². The van der Waals surface area contributed by atoms with Crippen LogP contribution < -0.4 is 10.1 Å². The van der Waals surface area contributed by atoms with Crippen LogP contribution in [0, 0.1) is 5.41 Å². The zero-order valence-electron chi connectivity index (χ0n) is 16.9. The lowest BCUT2D eigenvalue weighted by Crippen LogP contribution is -2.75. The van der Waals surface area contributed by atoms with E-state index >= 15 is 0 Å². The van der Waals surface area contributed by atoms with E-state index < -0.39 is 12.2 Å². The molecule has 0 saturated heterocycles. The zero-order chi connectivity index (χ0) is 21.4. The number of amides is 1. The highest BCUT2D eigenvalue weighted by Gasteiger charge is 2.69. The molecule has 2 bridgehead atoms. The molecule has 1 amide bonds. The molecule has 4 fully saturated rings. The molecule has 2 atom stereocenters. The molecular weight excluding hydrogens is 420 g/mol. The molecule has 5 aliphatic rings. The Morgan fingerprint density at radius 3 is 2.77 bits per heavy atom. The SMILES string of the molecule is O=C(CC12CC(NC(=O)[C@H]3C[C@@H](O)c4cc(Cl)ccc4O3)(C1)C2)c1cnc(C2CC2)o1. The van der Waals surface area contributed by atoms with Crippen molar-refractivity contribution in [2.75, 3.05) is 0 Å². The Kier molecular flexibility index (Phi) is 4.09. The number of halogens is 1. The summed E-state index contributed by atoms with van der Waals surface area (Å²) in [5.41, 5.74) is 0.302. The molecule has 31 heavy (non-hydrogen) atoms. The van der Waals surface area contributed by atoms with Crippen molar-refractivity contribution in [3.05, 3.63) is 46.6 Å². The number of Topliss-reactive ketones (excluding diaryl/α,β-unsaturated/α-hetero) is 1. The van der Waals surface area contributed by atoms with Gasteiger partial charge in [-0.15, -0.1) is 0 Å². The Labute approximate surface area is 184 Å². The number of carbonyl (C=O) groups is 2. The van der Waals surface area contributed by atoms with Crippen LogP contribution >= 0.6 is 11.6 Å². The predicted molar refractivity (Wildman–Crippen MR) is 110 cm³/mol. The number of aliphatic hydroxyl groups is 1. The molecule has 2 aromatic rings. The summed E-state index contributed by atoms with van der Waals surface area (Å²) in [6.45, 7) is 0. The molecule has 1 aliphatic heterocycles. The average molecular weight is 443 g/mol. The zero-order valence-corrected chi connectivity index (χ0v) is 17.7. The van der Waals surface area contributed by atoms with E-state index in [0.717, 1.165) is 32.1 Å². The first-order valence-electron chi connectivity index (χ1n) is 10.8. The highest BCUT2D eigenvalue weighted by atomic mass is 35.5. The number of benzene rings is 1. The summed E-state index contributed by atoms with van der Waals surface area (Å²) in [6.07, 6.45) is 5.14. The van der Waals surface area contributed by atoms with Crippen LogP contribution in [0.1, 0.15) is 79.0 Å². The molecule has 0 radical (unpaired) electrons. The molecule has 2 heterocycles. The van der Waals surface area contributed by atoms with Crippen LogP contribution in [0.15, 0.2) is 28.8 Å². The van der Waals surface area contributed by atoms with Crippen LogP contribution in [-0.4, -0.2) is 33.4 Å². The first-order chi connectivity index (χ1) is 14.8. The maximum Gasteiger partial charge on any atom is 0.261 e. The summed E-state index contributed by atoms with van der Waals surface area (Å²) in [6, 6.07) is 5.03. The number of hydrogen-bond donors (Lipinski definition) is 2. The number of nitrogens with zero attached hydrogens (tertiary/aromatic N) is 1. The van der Waals surface area contributed by atoms with Gasteiger partial charge in [-0.05, 0) is 55.7 Å². The third-order valence-electron chi connectivity index (χ3n) is 7.12. The molecule has 7 nitrogen and oxygen atoms in total. The molecule has 8 heteroatoms. The van der Waals surface area contributed by atoms with E-state index in [9.17, 15) is 14.7 Å². The Morgan fingerprint density at radius 2 is 2.03 bits per heavy atom. The molecular formula is C23H23ClN2O5. The molecule has 7 rings (SSSR count). The first-order valence-corrected chi connectivity index (χ1v) is 11.2. The second-order valence-corrected chi connectivity index (χ2v) is 10.2. The average Bonchev–Trinajstić information content (AvgIpc) is 3.42. The van der Waals surface area contributed by atoms with Crippen LogP contribution in [0.4, 0.5) is 0 Å². The summed E-state index contributed by atoms with van der Waals surface area (Å²) < 4.78 is 11.5. The number of fused-ring (bicyclic) bond motifs is 1. The van der Waals surface area contributed by atoms with Gasteiger partial charge in [0.1, 0.15) is 5.75 Å². The van der Waals surface area contributed by atoms with Gasteiger partial charge >= 0.3 is 0 Å². The Hall–Kier alpha value is -2.38. The first kappa shape index (κ1) is 19.3. The van der Waals surface area contributed by atoms with Gasteiger partial charge in [0.15, 0.2) is 23.5 Å². The van der Waals surface area contributed by atoms with Gasteiger partial charge in [0, 0.05) is 34.9 Å². The molecule has 1 aromatic heterocycles. The third kappa shape index (κ3) is 3.26. The van der Waals surface area contributed by atoms with Crippen molar-refractivity contribution in [1.82, 2.24) is 10.3 Å². The van der Waals surface area contributed by atoms with Crippen LogP contribution in [0.3, 0.4) is 0 Å². The standard InChI is InChI=1S/C23H23ClN2O5/c24-13-3-4-17-14(5-13)15(27)6-18(30-17)20(29)26-23-9-22(10-23,11-23)7-16(28)19-8-25-21(31-19)12-1-2-12/h3-5,8,12,15,18,27H,1-2,6-7,9-11H2,(H,26,29)/t15-,18-,22?,23?/m1/s1. The maximum absolute atomic E-state index is 12.8. The lowest BCUT2D eigenvalue weighted by Gasteiger charge is -2.70. The minimum atomic E-state index is -0.794. The van der Waals surface area contributed by atoms with Crippen molar-refractivity contribution < 1.29 is 23.8 Å². The number of aliphatic hydroxyl groups excluding tert-OH is 1. The smallest absolute Gasteiger partial charge is 0.261 e. The van der Waals surface area contributed by atoms with E-state index in [1.807, 2.05) is 0 Å². The van der Waals surface area contributed by atoms with E-state index in [-0.39, 0.29) is 29.1 Å². The van der Waals surface area contributed by atoms with Crippen LogP contribution in [0.25, 0.3) is 0 Å². The molecule has 162 valence electrons. The highest BCUT2D eigenvalue weighted by molar-refractivity contribution is 6.30. The number of ether oxygens (including phenoxy) is 1. The van der Waals surface area contributed by atoms with Gasteiger partial charge in [-0.2, -0.15) is 0 Å². The summed E-state index contributed by atoms with van der Waals surface area (Å²) >= 11 is 5.99. The van der Waals surface area contributed by atoms with E-state index in [1.165, 1.54) is 0 Å². The van der Waals surface area contributed by atoms with Crippen molar-refractivity contribution in [2.45, 2.75) is 68.6 Å². The monoisotopic (exact) mass is 442 g/mol. The topological polar surface area (TPSA) is 102 Å². The van der Waals surface area contributed by atoms with E-state index in [2.05, 4.69) is 10.3 Å². The fourth-order valence-electron chi connectivity index (χ4n) is 5.60. The summed E-state index contributed by atoms with van der Waals surface area (Å²) in [7, 11) is 0. The number of nitrogens with one attached hydrogen (secondary N) is 1. The van der Waals surface area contributed by atoms with Crippen molar-refractivity contribution in [3.8, 4) is 5.75 Å². The molecule has 4 aliphatic carbocycles. The van der Waals surface area contributed by atoms with E-state index in [4.69, 9.17) is 20.8 Å². The Morgan fingerprint density at radius 1 is 1.26 bits per heavy atom. The minimum Gasteiger partial charge on any atom is -0.480 e. The second kappa shape index (κ2) is 6.56. The predicted octanol–water partition coefficient (Wildman–Crippen LogP) is 3.70. The Balaban J connectivity index is 1.04. The van der Waals surface area contributed by atoms with E-state index in [0.29, 0.717) is 40.3 Å². The number of oxazole rings is 1. The van der Waals surface area contributed by atoms with Gasteiger partial charge < -0.3 is 19.6 Å². The van der Waals surface area contributed by atoms with Gasteiger partial charge in [-0.3, -0.25) is 9.59 Å². The largest absolute Gasteiger partial charge is 0.480 e. The molecule has 4 saturated carbocycles. The van der Waals surface area contributed by atoms with Crippen molar-refractivity contribution in [2.24, 2.45) is 5.41 Å². The lowest BCUT2D eigenvalue weighted by atomic mass is 9.38. The number of rotatable bonds is 6. The van der Waals surface area contributed by atoms with Gasteiger partial charge in [0.05, 0.1) is 12.3 Å².